The van der Waals surface area contributed by atoms with Crippen molar-refractivity contribution in [1.29, 1.82) is 5.26 Å². The van der Waals surface area contributed by atoms with Gasteiger partial charge in [-0.05, 0) is 29.8 Å². The average molecular weight is 275 g/mol. The molecule has 0 N–H and O–H groups in total. The zero-order valence-electron chi connectivity index (χ0n) is 10.1. The fourth-order valence-corrected chi connectivity index (χ4v) is 1.82. The van der Waals surface area contributed by atoms with Crippen LogP contribution in [0.25, 0.3) is 0 Å². The molecular formula is C15H8F3NO. The highest BCUT2D eigenvalue weighted by Gasteiger charge is 2.25. The molecule has 0 aliphatic rings. The number of halogens is 3. The van der Waals surface area contributed by atoms with Crippen molar-refractivity contribution in [3.05, 3.63) is 71.0 Å². The Morgan fingerprint density at radius 3 is 2.45 bits per heavy atom. The monoisotopic (exact) mass is 275 g/mol. The summed E-state index contributed by atoms with van der Waals surface area (Å²) in [5, 5.41) is 9.05. The molecule has 1 atom stereocenters. The van der Waals surface area contributed by atoms with Crippen molar-refractivity contribution in [3.63, 3.8) is 0 Å². The molecule has 0 saturated heterocycles. The van der Waals surface area contributed by atoms with Gasteiger partial charge >= 0.3 is 0 Å². The van der Waals surface area contributed by atoms with Crippen LogP contribution in [0.2, 0.25) is 0 Å². The zero-order valence-corrected chi connectivity index (χ0v) is 10.1. The Labute approximate surface area is 113 Å². The average Bonchev–Trinajstić information content (AvgIpc) is 2.42. The maximum atomic E-state index is 13.6. The normalized spacial score (nSPS) is 11.7. The summed E-state index contributed by atoms with van der Waals surface area (Å²) in [5.41, 5.74) is -0.429. The van der Waals surface area contributed by atoms with Crippen LogP contribution >= 0.6 is 0 Å². The number of nitrogens with zero attached hydrogens (tertiary/aromatic N) is 1. The van der Waals surface area contributed by atoms with Crippen LogP contribution in [0.1, 0.15) is 21.8 Å². The van der Waals surface area contributed by atoms with Crippen LogP contribution in [0.15, 0.2) is 42.5 Å². The van der Waals surface area contributed by atoms with E-state index in [-0.39, 0.29) is 5.56 Å². The minimum atomic E-state index is -1.39. The standard InChI is InChI=1S/C15H8F3NO/c16-10-4-1-3-9(7-10)12(8-19)15(20)11-5-2-6-13(17)14(11)18/h1-7,12H. The Kier molecular flexibility index (Phi) is 3.85. The van der Waals surface area contributed by atoms with Gasteiger partial charge in [-0.3, -0.25) is 4.79 Å². The zero-order chi connectivity index (χ0) is 14.7. The van der Waals surface area contributed by atoms with Gasteiger partial charge in [-0.2, -0.15) is 5.26 Å². The fourth-order valence-electron chi connectivity index (χ4n) is 1.82. The van der Waals surface area contributed by atoms with Crippen LogP contribution in [0.3, 0.4) is 0 Å². The Hall–Kier alpha value is -2.61. The Balaban J connectivity index is 2.45. The number of carbonyl (C=O) groups is 1. The van der Waals surface area contributed by atoms with E-state index < -0.39 is 34.7 Å². The first-order valence-electron chi connectivity index (χ1n) is 5.68. The second-order valence-electron chi connectivity index (χ2n) is 4.08. The van der Waals surface area contributed by atoms with Crippen molar-refractivity contribution in [1.82, 2.24) is 0 Å². The maximum absolute atomic E-state index is 13.6. The molecule has 0 fully saturated rings. The summed E-state index contributed by atoms with van der Waals surface area (Å²) in [5.74, 6) is -5.40. The quantitative estimate of drug-likeness (QED) is 0.803. The molecule has 0 aliphatic heterocycles. The predicted octanol–water partition coefficient (Wildman–Crippen LogP) is 3.59. The molecular weight excluding hydrogens is 267 g/mol. The molecule has 5 heteroatoms. The number of rotatable bonds is 3. The first kappa shape index (κ1) is 13.8. The van der Waals surface area contributed by atoms with Gasteiger partial charge in [0.1, 0.15) is 11.7 Å². The number of ketones is 1. The number of nitriles is 1. The van der Waals surface area contributed by atoms with E-state index in [1.807, 2.05) is 0 Å². The van der Waals surface area contributed by atoms with Crippen LogP contribution in [0, 0.1) is 28.8 Å². The van der Waals surface area contributed by atoms with E-state index in [0.29, 0.717) is 0 Å². The molecule has 0 spiro atoms. The lowest BCUT2D eigenvalue weighted by Gasteiger charge is -2.09. The van der Waals surface area contributed by atoms with Gasteiger partial charge in [0, 0.05) is 0 Å². The first-order chi connectivity index (χ1) is 9.54. The van der Waals surface area contributed by atoms with Gasteiger partial charge in [-0.25, -0.2) is 13.2 Å². The molecule has 0 aromatic heterocycles. The van der Waals surface area contributed by atoms with Crippen LogP contribution in [-0.4, -0.2) is 5.78 Å². The summed E-state index contributed by atoms with van der Waals surface area (Å²) >= 11 is 0. The maximum Gasteiger partial charge on any atom is 0.187 e. The predicted molar refractivity (Wildman–Crippen MR) is 65.4 cm³/mol. The molecule has 2 nitrogen and oxygen atoms in total. The first-order valence-corrected chi connectivity index (χ1v) is 5.68. The van der Waals surface area contributed by atoms with Crippen LogP contribution < -0.4 is 0 Å². The van der Waals surface area contributed by atoms with E-state index >= 15 is 0 Å². The van der Waals surface area contributed by atoms with Gasteiger partial charge in [-0.15, -0.1) is 0 Å². The number of carbonyl (C=O) groups excluding carboxylic acids is 1. The van der Waals surface area contributed by atoms with Crippen molar-refractivity contribution in [2.45, 2.75) is 5.92 Å². The Morgan fingerprint density at radius 2 is 1.80 bits per heavy atom. The molecule has 0 heterocycles. The van der Waals surface area contributed by atoms with Gasteiger partial charge < -0.3 is 0 Å². The van der Waals surface area contributed by atoms with Crippen LogP contribution in [0.4, 0.5) is 13.2 Å². The summed E-state index contributed by atoms with van der Waals surface area (Å²) in [6.07, 6.45) is 0. The summed E-state index contributed by atoms with van der Waals surface area (Å²) in [4.78, 5) is 12.1. The molecule has 0 aliphatic carbocycles. The second kappa shape index (κ2) is 5.57. The van der Waals surface area contributed by atoms with E-state index in [1.165, 1.54) is 18.2 Å². The summed E-state index contributed by atoms with van der Waals surface area (Å²) in [6.45, 7) is 0. The van der Waals surface area contributed by atoms with E-state index in [1.54, 1.807) is 6.07 Å². The topological polar surface area (TPSA) is 40.9 Å². The molecule has 0 bridgehead atoms. The second-order valence-corrected chi connectivity index (χ2v) is 4.08. The lowest BCUT2D eigenvalue weighted by atomic mass is 9.91. The highest BCUT2D eigenvalue weighted by Crippen LogP contribution is 2.23. The minimum Gasteiger partial charge on any atom is -0.292 e. The summed E-state index contributed by atoms with van der Waals surface area (Å²) in [6, 6.07) is 9.71. The Bertz CT molecular complexity index is 707. The van der Waals surface area contributed by atoms with Crippen LogP contribution in [0.5, 0.6) is 0 Å². The molecule has 0 radical (unpaired) electrons. The van der Waals surface area contributed by atoms with Gasteiger partial charge in [-0.1, -0.05) is 18.2 Å². The van der Waals surface area contributed by atoms with E-state index in [4.69, 9.17) is 5.26 Å². The molecule has 20 heavy (non-hydrogen) atoms. The van der Waals surface area contributed by atoms with Gasteiger partial charge in [0.15, 0.2) is 17.4 Å². The van der Waals surface area contributed by atoms with Crippen molar-refractivity contribution in [2.75, 3.05) is 0 Å². The number of hydrogen-bond donors (Lipinski definition) is 0. The largest absolute Gasteiger partial charge is 0.292 e. The third kappa shape index (κ3) is 2.54. The lowest BCUT2D eigenvalue weighted by molar-refractivity contribution is 0.0974. The van der Waals surface area contributed by atoms with E-state index in [2.05, 4.69) is 0 Å². The molecule has 2 aromatic carbocycles. The van der Waals surface area contributed by atoms with Crippen molar-refractivity contribution >= 4 is 5.78 Å². The van der Waals surface area contributed by atoms with Gasteiger partial charge in [0.25, 0.3) is 0 Å². The third-order valence-electron chi connectivity index (χ3n) is 2.79. The van der Waals surface area contributed by atoms with E-state index in [9.17, 15) is 18.0 Å². The molecule has 0 saturated carbocycles. The van der Waals surface area contributed by atoms with Gasteiger partial charge in [0.05, 0.1) is 11.6 Å². The summed E-state index contributed by atoms with van der Waals surface area (Å²) < 4.78 is 39.8. The van der Waals surface area contributed by atoms with Crippen molar-refractivity contribution < 1.29 is 18.0 Å². The van der Waals surface area contributed by atoms with Crippen molar-refractivity contribution in [3.8, 4) is 6.07 Å². The van der Waals surface area contributed by atoms with Crippen molar-refractivity contribution in [2.24, 2.45) is 0 Å². The number of hydrogen-bond acceptors (Lipinski definition) is 2. The fraction of sp³-hybridized carbons (Fsp3) is 0.0667. The lowest BCUT2D eigenvalue weighted by Crippen LogP contribution is -2.14. The third-order valence-corrected chi connectivity index (χ3v) is 2.79. The molecule has 1 unspecified atom stereocenters. The number of benzene rings is 2. The molecule has 0 amide bonds. The van der Waals surface area contributed by atoms with Crippen LogP contribution in [-0.2, 0) is 0 Å². The molecule has 2 rings (SSSR count). The highest BCUT2D eigenvalue weighted by atomic mass is 19.2. The molecule has 2 aromatic rings. The summed E-state index contributed by atoms with van der Waals surface area (Å²) in [7, 11) is 0. The van der Waals surface area contributed by atoms with E-state index in [0.717, 1.165) is 24.3 Å². The Morgan fingerprint density at radius 1 is 1.10 bits per heavy atom. The van der Waals surface area contributed by atoms with Gasteiger partial charge in [0.2, 0.25) is 0 Å². The smallest absolute Gasteiger partial charge is 0.187 e. The SMILES string of the molecule is N#CC(C(=O)c1cccc(F)c1F)c1cccc(F)c1. The number of Topliss-reactive ketones (excluding diaryl/α,β-unsaturated/α-hetero) is 1. The highest BCUT2D eigenvalue weighted by molar-refractivity contribution is 6.02. The molecule has 100 valence electrons. The minimum absolute atomic E-state index is 0.0983.